The number of carboxylic acid groups (broad SMARTS) is 1. The summed E-state index contributed by atoms with van der Waals surface area (Å²) in [4.78, 5) is 22.2. The molecule has 1 aromatic rings. The average molecular weight is 266 g/mol. The van der Waals surface area contributed by atoms with Crippen molar-refractivity contribution in [3.8, 4) is 0 Å². The van der Waals surface area contributed by atoms with Crippen LogP contribution in [0.1, 0.15) is 18.9 Å². The molecule has 4 N–H and O–H groups in total. The lowest BCUT2D eigenvalue weighted by atomic mass is 10.1. The van der Waals surface area contributed by atoms with Gasteiger partial charge in [0, 0.05) is 0 Å². The molecule has 0 aromatic heterocycles. The second-order valence-electron chi connectivity index (χ2n) is 4.43. The van der Waals surface area contributed by atoms with Crippen LogP contribution in [0.2, 0.25) is 0 Å². The molecule has 6 nitrogen and oxygen atoms in total. The molecule has 0 spiro atoms. The number of hydrogen-bond donors (Lipinski definition) is 3. The fourth-order valence-electron chi connectivity index (χ4n) is 1.70. The van der Waals surface area contributed by atoms with Crippen molar-refractivity contribution in [3.63, 3.8) is 0 Å². The summed E-state index contributed by atoms with van der Waals surface area (Å²) in [6.45, 7) is 1.67. The van der Waals surface area contributed by atoms with Gasteiger partial charge in [-0.3, -0.25) is 14.8 Å². The summed E-state index contributed by atoms with van der Waals surface area (Å²) in [7, 11) is 0. The molecule has 1 amide bonds. The van der Waals surface area contributed by atoms with Crippen molar-refractivity contribution in [2.45, 2.75) is 31.8 Å². The number of rotatable bonds is 6. The minimum absolute atomic E-state index is 0.461. The Morgan fingerprint density at radius 1 is 1.32 bits per heavy atom. The number of nitrogens with two attached hydrogens (primary N) is 1. The van der Waals surface area contributed by atoms with Crippen LogP contribution in [0.4, 0.5) is 0 Å². The van der Waals surface area contributed by atoms with E-state index in [1.807, 2.05) is 30.3 Å². The van der Waals surface area contributed by atoms with Gasteiger partial charge in [0.25, 0.3) is 5.91 Å². The van der Waals surface area contributed by atoms with E-state index in [0.717, 1.165) is 5.56 Å². The average Bonchev–Trinajstić information content (AvgIpc) is 2.37. The third kappa shape index (κ3) is 4.69. The Morgan fingerprint density at radius 3 is 2.42 bits per heavy atom. The van der Waals surface area contributed by atoms with Crippen molar-refractivity contribution in [1.29, 1.82) is 0 Å². The van der Waals surface area contributed by atoms with Crippen LogP contribution in [0.25, 0.3) is 0 Å². The highest BCUT2D eigenvalue weighted by molar-refractivity contribution is 5.85. The molecule has 0 aliphatic rings. The molecule has 0 saturated carbocycles. The first kappa shape index (κ1) is 15.1. The van der Waals surface area contributed by atoms with E-state index >= 15 is 0 Å². The molecule has 0 aliphatic carbocycles. The predicted octanol–water partition coefficient (Wildman–Crippen LogP) is 0.637. The standard InChI is InChI=1S/C13H18N2O4/c1-9(7-10-5-3-2-4-6-10)15(19)13(18)11(14)8-12(16)17/h2-6,9,11,19H,7-8,14H2,1H3,(H,16,17)/t9?,11-/m0/s1. The van der Waals surface area contributed by atoms with E-state index in [9.17, 15) is 14.8 Å². The van der Waals surface area contributed by atoms with Gasteiger partial charge in [0.2, 0.25) is 0 Å². The van der Waals surface area contributed by atoms with Gasteiger partial charge >= 0.3 is 5.97 Å². The van der Waals surface area contributed by atoms with Crippen LogP contribution in [0, 0.1) is 0 Å². The van der Waals surface area contributed by atoms with Crippen molar-refractivity contribution < 1.29 is 19.9 Å². The number of amides is 1. The van der Waals surface area contributed by atoms with Crippen LogP contribution in [0.3, 0.4) is 0 Å². The first-order valence-corrected chi connectivity index (χ1v) is 5.95. The fourth-order valence-corrected chi connectivity index (χ4v) is 1.70. The Hall–Kier alpha value is -1.92. The van der Waals surface area contributed by atoms with Crippen LogP contribution in [-0.2, 0) is 16.0 Å². The monoisotopic (exact) mass is 266 g/mol. The molecule has 0 heterocycles. The normalized spacial score (nSPS) is 13.6. The quantitative estimate of drug-likeness (QED) is 0.517. The Kier molecular flexibility index (Phi) is 5.47. The molecule has 0 aliphatic heterocycles. The zero-order valence-electron chi connectivity index (χ0n) is 10.7. The molecule has 19 heavy (non-hydrogen) atoms. The molecule has 0 bridgehead atoms. The highest BCUT2D eigenvalue weighted by atomic mass is 16.5. The summed E-state index contributed by atoms with van der Waals surface area (Å²) >= 11 is 0. The summed E-state index contributed by atoms with van der Waals surface area (Å²) in [6.07, 6.45) is -0.0448. The van der Waals surface area contributed by atoms with Gasteiger partial charge in [-0.05, 0) is 18.9 Å². The van der Waals surface area contributed by atoms with Gasteiger partial charge in [-0.2, -0.15) is 0 Å². The number of hydroxylamine groups is 2. The van der Waals surface area contributed by atoms with Gasteiger partial charge in [0.05, 0.1) is 18.5 Å². The highest BCUT2D eigenvalue weighted by Gasteiger charge is 2.25. The van der Waals surface area contributed by atoms with Gasteiger partial charge in [0.15, 0.2) is 0 Å². The van der Waals surface area contributed by atoms with Crippen molar-refractivity contribution in [1.82, 2.24) is 5.06 Å². The minimum atomic E-state index is -1.24. The molecule has 0 fully saturated rings. The smallest absolute Gasteiger partial charge is 0.305 e. The maximum atomic E-state index is 11.7. The van der Waals surface area contributed by atoms with Crippen LogP contribution in [-0.4, -0.2) is 39.3 Å². The first-order valence-electron chi connectivity index (χ1n) is 5.95. The molecule has 6 heteroatoms. The molecule has 0 radical (unpaired) electrons. The van der Waals surface area contributed by atoms with Gasteiger partial charge in [-0.15, -0.1) is 0 Å². The van der Waals surface area contributed by atoms with Crippen LogP contribution >= 0.6 is 0 Å². The van der Waals surface area contributed by atoms with Crippen molar-refractivity contribution >= 4 is 11.9 Å². The number of carbonyl (C=O) groups is 2. The largest absolute Gasteiger partial charge is 0.481 e. The fraction of sp³-hybridized carbons (Fsp3) is 0.385. The highest BCUT2D eigenvalue weighted by Crippen LogP contribution is 2.08. The third-order valence-electron chi connectivity index (χ3n) is 2.73. The molecule has 0 saturated heterocycles. The SMILES string of the molecule is CC(Cc1ccccc1)N(O)C(=O)[C@@H](N)CC(=O)O. The van der Waals surface area contributed by atoms with Gasteiger partial charge < -0.3 is 10.8 Å². The predicted molar refractivity (Wildman–Crippen MR) is 68.5 cm³/mol. The van der Waals surface area contributed by atoms with Crippen LogP contribution in [0.5, 0.6) is 0 Å². The Morgan fingerprint density at radius 2 is 1.89 bits per heavy atom. The van der Waals surface area contributed by atoms with E-state index in [1.165, 1.54) is 0 Å². The first-order chi connectivity index (χ1) is 8.91. The summed E-state index contributed by atoms with van der Waals surface area (Å²) in [5.74, 6) is -1.96. The van der Waals surface area contributed by atoms with Gasteiger partial charge in [0.1, 0.15) is 0 Å². The van der Waals surface area contributed by atoms with E-state index in [4.69, 9.17) is 10.8 Å². The van der Waals surface area contributed by atoms with E-state index < -0.39 is 30.4 Å². The van der Waals surface area contributed by atoms with Gasteiger partial charge in [-0.25, -0.2) is 5.06 Å². The summed E-state index contributed by atoms with van der Waals surface area (Å²) < 4.78 is 0. The molecule has 1 aromatic carbocycles. The molecular formula is C13H18N2O4. The number of benzene rings is 1. The molecule has 1 unspecified atom stereocenters. The number of carboxylic acids is 1. The van der Waals surface area contributed by atoms with E-state index in [0.29, 0.717) is 11.5 Å². The zero-order chi connectivity index (χ0) is 14.4. The third-order valence-corrected chi connectivity index (χ3v) is 2.73. The zero-order valence-corrected chi connectivity index (χ0v) is 10.7. The van der Waals surface area contributed by atoms with Crippen LogP contribution in [0.15, 0.2) is 30.3 Å². The minimum Gasteiger partial charge on any atom is -0.481 e. The summed E-state index contributed by atoms with van der Waals surface area (Å²) in [6, 6.07) is 7.65. The van der Waals surface area contributed by atoms with E-state index in [2.05, 4.69) is 0 Å². The second-order valence-corrected chi connectivity index (χ2v) is 4.43. The topological polar surface area (TPSA) is 104 Å². The Balaban J connectivity index is 2.59. The van der Waals surface area contributed by atoms with Crippen LogP contribution < -0.4 is 5.73 Å². The summed E-state index contributed by atoms with van der Waals surface area (Å²) in [5, 5.41) is 18.8. The van der Waals surface area contributed by atoms with Crippen molar-refractivity contribution in [2.75, 3.05) is 0 Å². The molecule has 104 valence electrons. The molecule has 2 atom stereocenters. The Labute approximate surface area is 111 Å². The van der Waals surface area contributed by atoms with Crippen molar-refractivity contribution in [2.24, 2.45) is 5.73 Å². The number of aliphatic carboxylic acids is 1. The van der Waals surface area contributed by atoms with E-state index in [1.54, 1.807) is 6.92 Å². The number of carbonyl (C=O) groups excluding carboxylic acids is 1. The lowest BCUT2D eigenvalue weighted by Crippen LogP contribution is -2.47. The maximum Gasteiger partial charge on any atom is 0.305 e. The number of nitrogens with zero attached hydrogens (tertiary/aromatic N) is 1. The Bertz CT molecular complexity index is 436. The lowest BCUT2D eigenvalue weighted by molar-refractivity contribution is -0.176. The maximum absolute atomic E-state index is 11.7. The van der Waals surface area contributed by atoms with Gasteiger partial charge in [-0.1, -0.05) is 30.3 Å². The number of hydrogen-bond acceptors (Lipinski definition) is 4. The lowest BCUT2D eigenvalue weighted by Gasteiger charge is -2.24. The molecule has 1 rings (SSSR count). The molecular weight excluding hydrogens is 248 g/mol. The van der Waals surface area contributed by atoms with E-state index in [-0.39, 0.29) is 0 Å². The second kappa shape index (κ2) is 6.86. The summed E-state index contributed by atoms with van der Waals surface area (Å²) in [5.41, 5.74) is 6.38. The van der Waals surface area contributed by atoms with Crippen molar-refractivity contribution in [3.05, 3.63) is 35.9 Å².